The Hall–Kier alpha value is -2.46. The third kappa shape index (κ3) is 4.76. The number of benzene rings is 1. The van der Waals surface area contributed by atoms with Gasteiger partial charge < -0.3 is 15.4 Å². The Morgan fingerprint density at radius 2 is 2.13 bits per heavy atom. The van der Waals surface area contributed by atoms with Crippen molar-refractivity contribution in [2.45, 2.75) is 23.8 Å². The number of anilines is 1. The summed E-state index contributed by atoms with van der Waals surface area (Å²) >= 11 is 0. The first-order valence-electron chi connectivity index (χ1n) is 6.64. The number of nitrogens with two attached hydrogens (primary N) is 1. The number of carbonyl (C=O) groups is 3. The molecule has 1 saturated heterocycles. The Morgan fingerprint density at radius 1 is 1.39 bits per heavy atom. The van der Waals surface area contributed by atoms with Crippen LogP contribution >= 0.6 is 0 Å². The van der Waals surface area contributed by atoms with E-state index in [0.29, 0.717) is 6.42 Å². The number of hydrogen-bond donors (Lipinski definition) is 3. The number of carbonyl (C=O) groups excluding carboxylic acids is 3. The summed E-state index contributed by atoms with van der Waals surface area (Å²) < 4.78 is 27.2. The summed E-state index contributed by atoms with van der Waals surface area (Å²) in [5, 5.41) is 9.80. The fraction of sp³-hybridized carbons (Fsp3) is 0.308. The number of ether oxygens (including phenoxy) is 1. The number of amides is 2. The molecule has 1 fully saturated rings. The number of sulfonamides is 1. The Kier molecular flexibility index (Phi) is 4.96. The molecule has 10 heteroatoms. The van der Waals surface area contributed by atoms with Gasteiger partial charge in [0, 0.05) is 12.1 Å². The third-order valence-electron chi connectivity index (χ3n) is 3.07. The van der Waals surface area contributed by atoms with Gasteiger partial charge in [-0.05, 0) is 24.6 Å². The van der Waals surface area contributed by atoms with Crippen molar-refractivity contribution in [1.82, 2.24) is 5.32 Å². The first-order chi connectivity index (χ1) is 10.8. The third-order valence-corrected chi connectivity index (χ3v) is 3.98. The summed E-state index contributed by atoms with van der Waals surface area (Å²) in [6, 6.07) is 4.61. The number of primary sulfonamides is 1. The van der Waals surface area contributed by atoms with E-state index in [4.69, 9.17) is 9.88 Å². The molecule has 0 aromatic heterocycles. The Labute approximate surface area is 132 Å². The van der Waals surface area contributed by atoms with Crippen LogP contribution in [0.5, 0.6) is 0 Å². The van der Waals surface area contributed by atoms with Gasteiger partial charge in [0.15, 0.2) is 6.61 Å². The zero-order valence-corrected chi connectivity index (χ0v) is 12.8. The standard InChI is InChI=1S/C13H15N3O6S/c14-23(20,21)9-3-1-2-8(6-9)15-12(18)7-22-13(19)10-4-5-11(17)16-10/h1-3,6,10H,4-5,7H2,(H,15,18)(H,16,17)(H2,14,20,21). The van der Waals surface area contributed by atoms with E-state index in [0.717, 1.165) is 0 Å². The van der Waals surface area contributed by atoms with E-state index in [1.165, 1.54) is 24.3 Å². The van der Waals surface area contributed by atoms with Crippen LogP contribution in [-0.4, -0.2) is 38.9 Å². The highest BCUT2D eigenvalue weighted by Gasteiger charge is 2.28. The highest BCUT2D eigenvalue weighted by atomic mass is 32.2. The molecule has 23 heavy (non-hydrogen) atoms. The van der Waals surface area contributed by atoms with Gasteiger partial charge in [0.2, 0.25) is 15.9 Å². The first-order valence-corrected chi connectivity index (χ1v) is 8.19. The minimum atomic E-state index is -3.88. The smallest absolute Gasteiger partial charge is 0.329 e. The first kappa shape index (κ1) is 16.9. The van der Waals surface area contributed by atoms with Gasteiger partial charge in [-0.2, -0.15) is 0 Å². The molecular weight excluding hydrogens is 326 g/mol. The molecule has 2 amide bonds. The molecule has 124 valence electrons. The van der Waals surface area contributed by atoms with Crippen molar-refractivity contribution >= 4 is 33.5 Å². The SMILES string of the molecule is NS(=O)(=O)c1cccc(NC(=O)COC(=O)C2CCC(=O)N2)c1. The maximum absolute atomic E-state index is 11.7. The average molecular weight is 341 g/mol. The maximum atomic E-state index is 11.7. The second-order valence-electron chi connectivity index (χ2n) is 4.89. The van der Waals surface area contributed by atoms with E-state index >= 15 is 0 Å². The van der Waals surface area contributed by atoms with Crippen molar-refractivity contribution in [2.75, 3.05) is 11.9 Å². The Bertz CT molecular complexity index is 746. The van der Waals surface area contributed by atoms with Crippen LogP contribution in [0.3, 0.4) is 0 Å². The van der Waals surface area contributed by atoms with E-state index in [1.807, 2.05) is 0 Å². The van der Waals surface area contributed by atoms with E-state index in [2.05, 4.69) is 10.6 Å². The van der Waals surface area contributed by atoms with E-state index in [9.17, 15) is 22.8 Å². The molecule has 1 unspecified atom stereocenters. The molecule has 1 atom stereocenters. The van der Waals surface area contributed by atoms with Crippen LogP contribution < -0.4 is 15.8 Å². The van der Waals surface area contributed by atoms with Crippen LogP contribution in [0.4, 0.5) is 5.69 Å². The molecule has 0 radical (unpaired) electrons. The molecule has 0 spiro atoms. The molecule has 1 aliphatic rings. The van der Waals surface area contributed by atoms with Crippen LogP contribution in [0.1, 0.15) is 12.8 Å². The lowest BCUT2D eigenvalue weighted by Crippen LogP contribution is -2.36. The molecule has 0 aliphatic carbocycles. The maximum Gasteiger partial charge on any atom is 0.329 e. The predicted molar refractivity (Wildman–Crippen MR) is 78.6 cm³/mol. The van der Waals surface area contributed by atoms with Gasteiger partial charge in [0.25, 0.3) is 5.91 Å². The van der Waals surface area contributed by atoms with Crippen molar-refractivity contribution in [3.8, 4) is 0 Å². The highest BCUT2D eigenvalue weighted by molar-refractivity contribution is 7.89. The van der Waals surface area contributed by atoms with Gasteiger partial charge in [-0.1, -0.05) is 6.07 Å². The van der Waals surface area contributed by atoms with Crippen molar-refractivity contribution in [3.05, 3.63) is 24.3 Å². The second kappa shape index (κ2) is 6.75. The fourth-order valence-electron chi connectivity index (χ4n) is 1.98. The van der Waals surface area contributed by atoms with E-state index < -0.39 is 34.5 Å². The van der Waals surface area contributed by atoms with E-state index in [-0.39, 0.29) is 22.9 Å². The minimum Gasteiger partial charge on any atom is -0.454 e. The van der Waals surface area contributed by atoms with Crippen LogP contribution in [-0.2, 0) is 29.1 Å². The minimum absolute atomic E-state index is 0.152. The molecule has 1 aliphatic heterocycles. The highest BCUT2D eigenvalue weighted by Crippen LogP contribution is 2.14. The second-order valence-corrected chi connectivity index (χ2v) is 6.45. The van der Waals surface area contributed by atoms with Crippen LogP contribution in [0.15, 0.2) is 29.2 Å². The van der Waals surface area contributed by atoms with Gasteiger partial charge in [0.05, 0.1) is 4.90 Å². The number of esters is 1. The van der Waals surface area contributed by atoms with Crippen molar-refractivity contribution in [1.29, 1.82) is 0 Å². The summed E-state index contributed by atoms with van der Waals surface area (Å²) in [7, 11) is -3.88. The lowest BCUT2D eigenvalue weighted by Gasteiger charge is -2.10. The molecule has 0 saturated carbocycles. The summed E-state index contributed by atoms with van der Waals surface area (Å²) in [5.41, 5.74) is 0.201. The number of nitrogens with one attached hydrogen (secondary N) is 2. The zero-order chi connectivity index (χ0) is 17.0. The molecule has 9 nitrogen and oxygen atoms in total. The van der Waals surface area contributed by atoms with Crippen LogP contribution in [0.25, 0.3) is 0 Å². The Balaban J connectivity index is 1.88. The number of rotatable bonds is 5. The van der Waals surface area contributed by atoms with Gasteiger partial charge in [0.1, 0.15) is 6.04 Å². The van der Waals surface area contributed by atoms with Crippen LogP contribution in [0, 0.1) is 0 Å². The topological polar surface area (TPSA) is 145 Å². The summed E-state index contributed by atoms with van der Waals surface area (Å²) in [5.74, 6) is -1.57. The van der Waals surface area contributed by atoms with Crippen molar-refractivity contribution in [3.63, 3.8) is 0 Å². The summed E-state index contributed by atoms with van der Waals surface area (Å²) in [6.45, 7) is -0.551. The molecular formula is C13H15N3O6S. The molecule has 1 aromatic carbocycles. The van der Waals surface area contributed by atoms with Gasteiger partial charge in [-0.3, -0.25) is 9.59 Å². The van der Waals surface area contributed by atoms with Gasteiger partial charge in [-0.25, -0.2) is 18.4 Å². The molecule has 1 heterocycles. The lowest BCUT2D eigenvalue weighted by atomic mass is 10.2. The summed E-state index contributed by atoms with van der Waals surface area (Å²) in [6.07, 6.45) is 0.571. The normalized spacial score (nSPS) is 17.4. The fourth-order valence-corrected chi connectivity index (χ4v) is 2.54. The summed E-state index contributed by atoms with van der Waals surface area (Å²) in [4.78, 5) is 34.2. The number of hydrogen-bond acceptors (Lipinski definition) is 6. The average Bonchev–Trinajstić information content (AvgIpc) is 2.91. The molecule has 1 aromatic rings. The van der Waals surface area contributed by atoms with Gasteiger partial charge >= 0.3 is 5.97 Å². The van der Waals surface area contributed by atoms with Crippen molar-refractivity contribution in [2.24, 2.45) is 5.14 Å². The largest absolute Gasteiger partial charge is 0.454 e. The Morgan fingerprint density at radius 3 is 2.74 bits per heavy atom. The van der Waals surface area contributed by atoms with E-state index in [1.54, 1.807) is 0 Å². The van der Waals surface area contributed by atoms with Crippen molar-refractivity contribution < 1.29 is 27.5 Å². The zero-order valence-electron chi connectivity index (χ0n) is 11.9. The molecule has 0 bridgehead atoms. The molecule has 4 N–H and O–H groups in total. The molecule has 2 rings (SSSR count). The quantitative estimate of drug-likeness (QED) is 0.592. The monoisotopic (exact) mass is 341 g/mol. The predicted octanol–water partition coefficient (Wildman–Crippen LogP) is -0.906. The van der Waals surface area contributed by atoms with Gasteiger partial charge in [-0.15, -0.1) is 0 Å². The van der Waals surface area contributed by atoms with Crippen LogP contribution in [0.2, 0.25) is 0 Å². The lowest BCUT2D eigenvalue weighted by molar-refractivity contribution is -0.149.